The summed E-state index contributed by atoms with van der Waals surface area (Å²) >= 11 is 1.43. The fourth-order valence-corrected chi connectivity index (χ4v) is 2.76. The lowest BCUT2D eigenvalue weighted by Gasteiger charge is -2.04. The van der Waals surface area contributed by atoms with Crippen LogP contribution in [0.2, 0.25) is 0 Å². The van der Waals surface area contributed by atoms with E-state index in [1.807, 2.05) is 29.6 Å². The second kappa shape index (κ2) is 7.67. The lowest BCUT2D eigenvalue weighted by molar-refractivity contribution is 0.0468. The third kappa shape index (κ3) is 4.48. The maximum atomic E-state index is 11.9. The molecule has 6 nitrogen and oxygen atoms in total. The zero-order chi connectivity index (χ0) is 17.6. The highest BCUT2D eigenvalue weighted by Gasteiger charge is 2.09. The van der Waals surface area contributed by atoms with Crippen LogP contribution in [0.3, 0.4) is 0 Å². The van der Waals surface area contributed by atoms with Gasteiger partial charge in [-0.05, 0) is 48.5 Å². The Morgan fingerprint density at radius 3 is 2.56 bits per heavy atom. The van der Waals surface area contributed by atoms with Crippen LogP contribution in [0.5, 0.6) is 11.5 Å². The normalized spacial score (nSPS) is 10.3. The maximum Gasteiger partial charge on any atom is 0.338 e. The summed E-state index contributed by atoms with van der Waals surface area (Å²) in [6.07, 6.45) is 0. The number of rotatable bonds is 6. The molecule has 128 valence electrons. The molecule has 0 bridgehead atoms. The number of phenols is 1. The van der Waals surface area contributed by atoms with Crippen molar-refractivity contribution in [2.45, 2.75) is 6.61 Å². The van der Waals surface area contributed by atoms with Gasteiger partial charge < -0.3 is 19.9 Å². The largest absolute Gasteiger partial charge is 0.508 e. The van der Waals surface area contributed by atoms with Crippen molar-refractivity contribution in [3.8, 4) is 11.5 Å². The number of phenolic OH excluding ortho intramolecular Hbond substituents is 1. The summed E-state index contributed by atoms with van der Waals surface area (Å²) in [7, 11) is 1.62. The van der Waals surface area contributed by atoms with E-state index in [0.717, 1.165) is 11.4 Å². The SMILES string of the molecule is COc1ccc(Nc2nc(COC(=O)c3ccc(O)cc3)cs2)cc1. The van der Waals surface area contributed by atoms with Crippen LogP contribution in [0.25, 0.3) is 0 Å². The molecule has 0 unspecified atom stereocenters. The standard InChI is InChI=1S/C18H16N2O4S/c1-23-16-8-4-13(5-9-16)19-18-20-14(11-25-18)10-24-17(22)12-2-6-15(21)7-3-12/h2-9,11,21H,10H2,1H3,(H,19,20). The number of benzene rings is 2. The molecular weight excluding hydrogens is 340 g/mol. The van der Waals surface area contributed by atoms with E-state index in [9.17, 15) is 9.90 Å². The van der Waals surface area contributed by atoms with Crippen molar-refractivity contribution in [1.82, 2.24) is 4.98 Å². The van der Waals surface area contributed by atoms with Crippen molar-refractivity contribution in [3.63, 3.8) is 0 Å². The monoisotopic (exact) mass is 356 g/mol. The van der Waals surface area contributed by atoms with E-state index in [2.05, 4.69) is 10.3 Å². The molecule has 0 fully saturated rings. The Hall–Kier alpha value is -3.06. The molecule has 0 atom stereocenters. The number of carbonyl (C=O) groups is 1. The number of ether oxygens (including phenoxy) is 2. The number of methoxy groups -OCH3 is 1. The number of hydrogen-bond donors (Lipinski definition) is 2. The molecule has 2 aromatic carbocycles. The number of thiazole rings is 1. The van der Waals surface area contributed by atoms with E-state index < -0.39 is 5.97 Å². The van der Waals surface area contributed by atoms with Crippen molar-refractivity contribution in [2.24, 2.45) is 0 Å². The predicted molar refractivity (Wildman–Crippen MR) is 95.6 cm³/mol. The molecule has 0 saturated carbocycles. The molecule has 7 heteroatoms. The predicted octanol–water partition coefficient (Wildman–Crippen LogP) is 3.96. The Bertz CT molecular complexity index is 844. The zero-order valence-electron chi connectivity index (χ0n) is 13.4. The van der Waals surface area contributed by atoms with Gasteiger partial charge in [-0.25, -0.2) is 9.78 Å². The van der Waals surface area contributed by atoms with Gasteiger partial charge in [-0.3, -0.25) is 0 Å². The van der Waals surface area contributed by atoms with Gasteiger partial charge in [0, 0.05) is 11.1 Å². The minimum Gasteiger partial charge on any atom is -0.508 e. The summed E-state index contributed by atoms with van der Waals surface area (Å²) in [6.45, 7) is 0.0838. The number of carbonyl (C=O) groups excluding carboxylic acids is 1. The molecule has 0 aliphatic carbocycles. The van der Waals surface area contributed by atoms with Gasteiger partial charge in [-0.2, -0.15) is 0 Å². The topological polar surface area (TPSA) is 80.7 Å². The number of hydrogen-bond acceptors (Lipinski definition) is 7. The minimum absolute atomic E-state index is 0.0838. The second-order valence-corrected chi connectivity index (χ2v) is 5.98. The Morgan fingerprint density at radius 1 is 1.16 bits per heavy atom. The van der Waals surface area contributed by atoms with E-state index in [1.54, 1.807) is 7.11 Å². The average molecular weight is 356 g/mol. The Labute approximate surface area is 148 Å². The average Bonchev–Trinajstić information content (AvgIpc) is 3.08. The van der Waals surface area contributed by atoms with Crippen molar-refractivity contribution in [1.29, 1.82) is 0 Å². The van der Waals surface area contributed by atoms with Gasteiger partial charge in [0.05, 0.1) is 18.4 Å². The van der Waals surface area contributed by atoms with Crippen LogP contribution in [-0.2, 0) is 11.3 Å². The van der Waals surface area contributed by atoms with Crippen molar-refractivity contribution in [3.05, 3.63) is 65.2 Å². The summed E-state index contributed by atoms with van der Waals surface area (Å²) in [6, 6.07) is 13.4. The third-order valence-electron chi connectivity index (χ3n) is 3.35. The molecule has 1 aromatic heterocycles. The van der Waals surface area contributed by atoms with Gasteiger partial charge >= 0.3 is 5.97 Å². The smallest absolute Gasteiger partial charge is 0.338 e. The Morgan fingerprint density at radius 2 is 1.88 bits per heavy atom. The van der Waals surface area contributed by atoms with E-state index in [-0.39, 0.29) is 12.4 Å². The van der Waals surface area contributed by atoms with Crippen molar-refractivity contribution in [2.75, 3.05) is 12.4 Å². The van der Waals surface area contributed by atoms with Gasteiger partial charge in [-0.1, -0.05) is 0 Å². The minimum atomic E-state index is -0.460. The van der Waals surface area contributed by atoms with Gasteiger partial charge in [0.2, 0.25) is 0 Å². The van der Waals surface area contributed by atoms with E-state index in [4.69, 9.17) is 9.47 Å². The molecule has 3 aromatic rings. The van der Waals surface area contributed by atoms with Crippen LogP contribution in [-0.4, -0.2) is 23.2 Å². The zero-order valence-corrected chi connectivity index (χ0v) is 14.2. The Balaban J connectivity index is 1.56. The van der Waals surface area contributed by atoms with Gasteiger partial charge in [0.15, 0.2) is 5.13 Å². The fraction of sp³-hybridized carbons (Fsp3) is 0.111. The van der Waals surface area contributed by atoms with Crippen molar-refractivity contribution >= 4 is 28.1 Å². The van der Waals surface area contributed by atoms with E-state index >= 15 is 0 Å². The fourth-order valence-electron chi connectivity index (χ4n) is 2.05. The first-order valence-corrected chi connectivity index (χ1v) is 8.33. The lowest BCUT2D eigenvalue weighted by atomic mass is 10.2. The highest BCUT2D eigenvalue weighted by atomic mass is 32.1. The number of aromatic hydroxyl groups is 1. The first-order valence-electron chi connectivity index (χ1n) is 7.45. The second-order valence-electron chi connectivity index (χ2n) is 5.12. The van der Waals surface area contributed by atoms with Crippen LogP contribution >= 0.6 is 11.3 Å². The first kappa shape index (κ1) is 16.8. The van der Waals surface area contributed by atoms with Crippen LogP contribution < -0.4 is 10.1 Å². The molecule has 0 aliphatic rings. The van der Waals surface area contributed by atoms with Crippen LogP contribution in [0, 0.1) is 0 Å². The molecule has 0 aliphatic heterocycles. The van der Waals surface area contributed by atoms with E-state index in [1.165, 1.54) is 35.6 Å². The molecule has 2 N–H and O–H groups in total. The molecule has 25 heavy (non-hydrogen) atoms. The highest BCUT2D eigenvalue weighted by Crippen LogP contribution is 2.23. The number of nitrogens with zero attached hydrogens (tertiary/aromatic N) is 1. The summed E-state index contributed by atoms with van der Waals surface area (Å²) in [4.78, 5) is 16.3. The van der Waals surface area contributed by atoms with Gasteiger partial charge in [0.25, 0.3) is 0 Å². The Kier molecular flexibility index (Phi) is 5.15. The number of aromatic nitrogens is 1. The summed E-state index contributed by atoms with van der Waals surface area (Å²) < 4.78 is 10.3. The number of esters is 1. The first-order chi connectivity index (χ1) is 12.1. The molecule has 0 amide bonds. The summed E-state index contributed by atoms with van der Waals surface area (Å²) in [5.41, 5.74) is 1.93. The molecule has 0 saturated heterocycles. The molecule has 1 heterocycles. The summed E-state index contributed by atoms with van der Waals surface area (Å²) in [5.74, 6) is 0.425. The molecule has 3 rings (SSSR count). The molecule has 0 radical (unpaired) electrons. The maximum absolute atomic E-state index is 11.9. The lowest BCUT2D eigenvalue weighted by Crippen LogP contribution is -2.05. The third-order valence-corrected chi connectivity index (χ3v) is 4.15. The van der Waals surface area contributed by atoms with Crippen LogP contribution in [0.1, 0.15) is 16.1 Å². The quantitative estimate of drug-likeness (QED) is 0.651. The van der Waals surface area contributed by atoms with Crippen molar-refractivity contribution < 1.29 is 19.4 Å². The van der Waals surface area contributed by atoms with Crippen LogP contribution in [0.4, 0.5) is 10.8 Å². The van der Waals surface area contributed by atoms with E-state index in [0.29, 0.717) is 16.4 Å². The molecular formula is C18H16N2O4S. The van der Waals surface area contributed by atoms with Gasteiger partial charge in [-0.15, -0.1) is 11.3 Å². The van der Waals surface area contributed by atoms with Crippen LogP contribution in [0.15, 0.2) is 53.9 Å². The number of anilines is 2. The summed E-state index contributed by atoms with van der Waals surface area (Å²) in [5, 5.41) is 14.9. The molecule has 0 spiro atoms. The number of nitrogens with one attached hydrogen (secondary N) is 1. The van der Waals surface area contributed by atoms with Gasteiger partial charge in [0.1, 0.15) is 18.1 Å². The highest BCUT2D eigenvalue weighted by molar-refractivity contribution is 7.13.